The SMILES string of the molecule is COc1ccc2c(c1)c1nc3n(c(=O)c1n2CC(=O)Nc1cccc(Cl)c1)CCCS3. The van der Waals surface area contributed by atoms with Gasteiger partial charge in [-0.25, -0.2) is 4.98 Å². The molecule has 2 aromatic carbocycles. The number of carbonyl (C=O) groups is 1. The molecule has 0 atom stereocenters. The summed E-state index contributed by atoms with van der Waals surface area (Å²) in [6.07, 6.45) is 0.911. The molecular formula is C22H19ClN4O3S. The molecule has 3 heterocycles. The molecule has 9 heteroatoms. The number of carbonyl (C=O) groups excluding carboxylic acids is 1. The number of halogens is 1. The van der Waals surface area contributed by atoms with Gasteiger partial charge >= 0.3 is 0 Å². The van der Waals surface area contributed by atoms with Crippen molar-refractivity contribution in [3.63, 3.8) is 0 Å². The molecule has 4 aromatic rings. The lowest BCUT2D eigenvalue weighted by molar-refractivity contribution is -0.116. The van der Waals surface area contributed by atoms with Crippen molar-refractivity contribution in [3.05, 3.63) is 57.8 Å². The second-order valence-electron chi connectivity index (χ2n) is 7.28. The van der Waals surface area contributed by atoms with E-state index < -0.39 is 0 Å². The fraction of sp³-hybridized carbons (Fsp3) is 0.227. The maximum atomic E-state index is 13.4. The Kier molecular flexibility index (Phi) is 5.11. The van der Waals surface area contributed by atoms with Gasteiger partial charge in [-0.05, 0) is 42.8 Å². The van der Waals surface area contributed by atoms with E-state index in [4.69, 9.17) is 21.3 Å². The van der Waals surface area contributed by atoms with Crippen LogP contribution in [0.3, 0.4) is 0 Å². The summed E-state index contributed by atoms with van der Waals surface area (Å²) in [5, 5.41) is 4.89. The summed E-state index contributed by atoms with van der Waals surface area (Å²) in [4.78, 5) is 31.1. The molecule has 2 aromatic heterocycles. The zero-order valence-corrected chi connectivity index (χ0v) is 18.3. The van der Waals surface area contributed by atoms with Crippen LogP contribution >= 0.6 is 23.4 Å². The third-order valence-corrected chi connectivity index (χ3v) is 6.60. The van der Waals surface area contributed by atoms with Gasteiger partial charge in [0.1, 0.15) is 23.3 Å². The van der Waals surface area contributed by atoms with Crippen LogP contribution in [0, 0.1) is 0 Å². The lowest BCUT2D eigenvalue weighted by atomic mass is 10.2. The quantitative estimate of drug-likeness (QED) is 0.469. The number of rotatable bonds is 4. The second-order valence-corrected chi connectivity index (χ2v) is 8.78. The molecule has 1 amide bonds. The summed E-state index contributed by atoms with van der Waals surface area (Å²) in [5.41, 5.74) is 2.25. The van der Waals surface area contributed by atoms with E-state index in [1.807, 2.05) is 18.2 Å². The number of amides is 1. The van der Waals surface area contributed by atoms with E-state index in [9.17, 15) is 9.59 Å². The first-order valence-electron chi connectivity index (χ1n) is 9.84. The molecule has 31 heavy (non-hydrogen) atoms. The van der Waals surface area contributed by atoms with Crippen LogP contribution in [-0.4, -0.2) is 32.9 Å². The molecule has 0 fully saturated rings. The van der Waals surface area contributed by atoms with Gasteiger partial charge in [0.25, 0.3) is 5.56 Å². The molecule has 0 bridgehead atoms. The Morgan fingerprint density at radius 1 is 1.29 bits per heavy atom. The Labute approximate surface area is 187 Å². The second kappa shape index (κ2) is 7.94. The topological polar surface area (TPSA) is 78.2 Å². The Morgan fingerprint density at radius 3 is 2.97 bits per heavy atom. The molecule has 0 saturated heterocycles. The molecule has 1 aliphatic heterocycles. The highest BCUT2D eigenvalue weighted by Gasteiger charge is 2.23. The number of fused-ring (bicyclic) bond motifs is 4. The third kappa shape index (κ3) is 3.55. The maximum Gasteiger partial charge on any atom is 0.278 e. The van der Waals surface area contributed by atoms with Crippen LogP contribution in [0.5, 0.6) is 5.75 Å². The number of aromatic nitrogens is 3. The van der Waals surface area contributed by atoms with Gasteiger partial charge in [-0.1, -0.05) is 29.4 Å². The minimum absolute atomic E-state index is 0.0255. The standard InChI is InChI=1S/C22H19ClN4O3S/c1-30-15-6-7-17-16(11-15)19-20(21(29)26-8-3-9-31-22(26)25-19)27(17)12-18(28)24-14-5-2-4-13(23)10-14/h2,4-7,10-11H,3,8-9,12H2,1H3,(H,24,28). The van der Waals surface area contributed by atoms with Crippen LogP contribution in [0.25, 0.3) is 21.9 Å². The highest BCUT2D eigenvalue weighted by molar-refractivity contribution is 7.99. The van der Waals surface area contributed by atoms with Gasteiger partial charge in [-0.3, -0.25) is 14.2 Å². The molecule has 0 aliphatic carbocycles. The summed E-state index contributed by atoms with van der Waals surface area (Å²) >= 11 is 7.60. The normalized spacial score (nSPS) is 13.4. The van der Waals surface area contributed by atoms with Crippen LogP contribution in [0.15, 0.2) is 52.4 Å². The molecule has 0 saturated carbocycles. The molecule has 5 rings (SSSR count). The van der Waals surface area contributed by atoms with Crippen molar-refractivity contribution < 1.29 is 9.53 Å². The minimum atomic E-state index is -0.256. The first-order valence-corrected chi connectivity index (χ1v) is 11.2. The predicted octanol–water partition coefficient (Wildman–Crippen LogP) is 4.15. The highest BCUT2D eigenvalue weighted by Crippen LogP contribution is 2.32. The average Bonchev–Trinajstić information content (AvgIpc) is 3.06. The zero-order chi connectivity index (χ0) is 21.5. The summed E-state index contributed by atoms with van der Waals surface area (Å²) in [5.74, 6) is 1.35. The van der Waals surface area contributed by atoms with Crippen molar-refractivity contribution in [1.29, 1.82) is 0 Å². The van der Waals surface area contributed by atoms with E-state index in [-0.39, 0.29) is 18.0 Å². The summed E-state index contributed by atoms with van der Waals surface area (Å²) in [6.45, 7) is 0.603. The number of methoxy groups -OCH3 is 1. The molecule has 0 spiro atoms. The number of ether oxygens (including phenoxy) is 1. The fourth-order valence-corrected chi connectivity index (χ4v) is 5.04. The van der Waals surface area contributed by atoms with Crippen molar-refractivity contribution >= 4 is 56.9 Å². The van der Waals surface area contributed by atoms with Crippen molar-refractivity contribution in [1.82, 2.24) is 14.1 Å². The molecule has 0 radical (unpaired) electrons. The number of nitrogens with one attached hydrogen (secondary N) is 1. The molecule has 7 nitrogen and oxygen atoms in total. The number of benzene rings is 2. The van der Waals surface area contributed by atoms with Crippen LogP contribution in [0.1, 0.15) is 6.42 Å². The Hall–Kier alpha value is -2.97. The first-order chi connectivity index (χ1) is 15.0. The number of hydrogen-bond acceptors (Lipinski definition) is 5. The van der Waals surface area contributed by atoms with E-state index in [0.29, 0.717) is 39.2 Å². The molecular weight excluding hydrogens is 436 g/mol. The van der Waals surface area contributed by atoms with Crippen molar-refractivity contribution in [2.24, 2.45) is 0 Å². The lowest BCUT2D eigenvalue weighted by Gasteiger charge is -2.17. The number of nitrogens with zero attached hydrogens (tertiary/aromatic N) is 3. The summed E-state index contributed by atoms with van der Waals surface area (Å²) < 4.78 is 8.83. The van der Waals surface area contributed by atoms with Crippen molar-refractivity contribution in [3.8, 4) is 5.75 Å². The van der Waals surface area contributed by atoms with Crippen LogP contribution in [-0.2, 0) is 17.9 Å². The number of hydrogen-bond donors (Lipinski definition) is 1. The van der Waals surface area contributed by atoms with Crippen LogP contribution in [0.4, 0.5) is 5.69 Å². The van der Waals surface area contributed by atoms with E-state index >= 15 is 0 Å². The van der Waals surface area contributed by atoms with Gasteiger partial charge in [0.05, 0.1) is 12.6 Å². The lowest BCUT2D eigenvalue weighted by Crippen LogP contribution is -2.28. The largest absolute Gasteiger partial charge is 0.497 e. The van der Waals surface area contributed by atoms with E-state index in [2.05, 4.69) is 5.32 Å². The molecule has 1 N–H and O–H groups in total. The first kappa shape index (κ1) is 20.0. The van der Waals surface area contributed by atoms with E-state index in [1.54, 1.807) is 52.3 Å². The van der Waals surface area contributed by atoms with Gasteiger partial charge in [0.2, 0.25) is 5.91 Å². The molecule has 1 aliphatic rings. The van der Waals surface area contributed by atoms with Gasteiger partial charge in [0.15, 0.2) is 5.16 Å². The van der Waals surface area contributed by atoms with Crippen LogP contribution in [0.2, 0.25) is 5.02 Å². The predicted molar refractivity (Wildman–Crippen MR) is 123 cm³/mol. The highest BCUT2D eigenvalue weighted by atomic mass is 35.5. The smallest absolute Gasteiger partial charge is 0.278 e. The van der Waals surface area contributed by atoms with E-state index in [1.165, 1.54) is 0 Å². The molecule has 158 valence electrons. The van der Waals surface area contributed by atoms with Gasteiger partial charge in [0, 0.05) is 28.4 Å². The monoisotopic (exact) mass is 454 g/mol. The third-order valence-electron chi connectivity index (χ3n) is 5.30. The average molecular weight is 455 g/mol. The van der Waals surface area contributed by atoms with Crippen LogP contribution < -0.4 is 15.6 Å². The van der Waals surface area contributed by atoms with Gasteiger partial charge < -0.3 is 14.6 Å². The summed E-state index contributed by atoms with van der Waals surface area (Å²) in [6, 6.07) is 12.5. The molecule has 0 unspecified atom stereocenters. The maximum absolute atomic E-state index is 13.4. The van der Waals surface area contributed by atoms with E-state index in [0.717, 1.165) is 23.1 Å². The Morgan fingerprint density at radius 2 is 2.16 bits per heavy atom. The fourth-order valence-electron chi connectivity index (χ4n) is 3.91. The minimum Gasteiger partial charge on any atom is -0.497 e. The van der Waals surface area contributed by atoms with Gasteiger partial charge in [-0.2, -0.15) is 0 Å². The van der Waals surface area contributed by atoms with Gasteiger partial charge in [-0.15, -0.1) is 0 Å². The van der Waals surface area contributed by atoms with Crippen molar-refractivity contribution in [2.75, 3.05) is 18.2 Å². The zero-order valence-electron chi connectivity index (χ0n) is 16.7. The summed E-state index contributed by atoms with van der Waals surface area (Å²) in [7, 11) is 1.60. The number of anilines is 1. The van der Waals surface area contributed by atoms with Crippen molar-refractivity contribution in [2.45, 2.75) is 24.7 Å². The number of thioether (sulfide) groups is 1. The Balaban J connectivity index is 1.66. The Bertz CT molecular complexity index is 1400.